The van der Waals surface area contributed by atoms with Gasteiger partial charge in [0.05, 0.1) is 0 Å². The van der Waals surface area contributed by atoms with Gasteiger partial charge in [-0.2, -0.15) is 15.0 Å². The van der Waals surface area contributed by atoms with Crippen molar-refractivity contribution in [2.75, 3.05) is 25.9 Å². The molecule has 0 unspecified atom stereocenters. The number of anilines is 1. The molecule has 1 saturated carbocycles. The monoisotopic (exact) mass is 243 g/mol. The molecule has 0 aliphatic heterocycles. The van der Waals surface area contributed by atoms with E-state index >= 15 is 0 Å². The molecule has 1 fully saturated rings. The van der Waals surface area contributed by atoms with Crippen molar-refractivity contribution in [2.45, 2.75) is 18.9 Å². The number of ether oxygens (including phenoxy) is 1. The zero-order chi connectivity index (χ0) is 11.5. The van der Waals surface area contributed by atoms with Gasteiger partial charge in [-0.05, 0) is 31.5 Å². The summed E-state index contributed by atoms with van der Waals surface area (Å²) in [5.41, 5.74) is 5.41. The fourth-order valence-corrected chi connectivity index (χ4v) is 1.55. The summed E-state index contributed by atoms with van der Waals surface area (Å²) in [5.74, 6) is 0.0746. The summed E-state index contributed by atoms with van der Waals surface area (Å²) in [7, 11) is 2.08. The third-order valence-corrected chi connectivity index (χ3v) is 2.62. The second kappa shape index (κ2) is 4.80. The second-order valence-electron chi connectivity index (χ2n) is 3.81. The van der Waals surface area contributed by atoms with Crippen LogP contribution in [0, 0.1) is 0 Å². The number of aromatic nitrogens is 3. The first-order chi connectivity index (χ1) is 7.65. The van der Waals surface area contributed by atoms with Crippen LogP contribution in [0.5, 0.6) is 6.01 Å². The van der Waals surface area contributed by atoms with Gasteiger partial charge in [-0.3, -0.25) is 0 Å². The molecule has 2 N–H and O–H groups in total. The van der Waals surface area contributed by atoms with E-state index in [4.69, 9.17) is 22.1 Å². The molecule has 0 saturated heterocycles. The Morgan fingerprint density at radius 2 is 2.19 bits per heavy atom. The van der Waals surface area contributed by atoms with Crippen LogP contribution in [0.3, 0.4) is 0 Å². The Hall–Kier alpha value is -1.14. The molecule has 0 atom stereocenters. The van der Waals surface area contributed by atoms with Crippen molar-refractivity contribution in [3.8, 4) is 6.01 Å². The molecule has 1 aromatic heterocycles. The van der Waals surface area contributed by atoms with E-state index in [0.717, 1.165) is 12.6 Å². The number of hydrogen-bond acceptors (Lipinski definition) is 6. The lowest BCUT2D eigenvalue weighted by atomic mass is 10.5. The number of halogens is 1. The smallest absolute Gasteiger partial charge is 0.322 e. The lowest BCUT2D eigenvalue weighted by molar-refractivity contribution is 0.220. The SMILES string of the molecule is CN(CCOc1nc(N)nc(Cl)n1)C1CC1. The maximum absolute atomic E-state index is 5.62. The van der Waals surface area contributed by atoms with E-state index in [9.17, 15) is 0 Å². The summed E-state index contributed by atoms with van der Waals surface area (Å²) in [6.45, 7) is 1.36. The Labute approximate surface area is 98.8 Å². The van der Waals surface area contributed by atoms with Crippen LogP contribution < -0.4 is 10.5 Å². The Morgan fingerprint density at radius 1 is 1.44 bits per heavy atom. The van der Waals surface area contributed by atoms with Crippen molar-refractivity contribution in [2.24, 2.45) is 0 Å². The van der Waals surface area contributed by atoms with E-state index in [-0.39, 0.29) is 17.2 Å². The van der Waals surface area contributed by atoms with E-state index in [1.165, 1.54) is 12.8 Å². The van der Waals surface area contributed by atoms with Gasteiger partial charge < -0.3 is 15.4 Å². The van der Waals surface area contributed by atoms with Gasteiger partial charge in [0.1, 0.15) is 6.61 Å². The van der Waals surface area contributed by atoms with Crippen LogP contribution in [0.4, 0.5) is 5.95 Å². The van der Waals surface area contributed by atoms with Gasteiger partial charge in [0.15, 0.2) is 0 Å². The quantitative estimate of drug-likeness (QED) is 0.815. The van der Waals surface area contributed by atoms with Crippen LogP contribution in [-0.4, -0.2) is 46.1 Å². The summed E-state index contributed by atoms with van der Waals surface area (Å²) in [5, 5.41) is 0.0537. The third kappa shape index (κ3) is 3.18. The third-order valence-electron chi connectivity index (χ3n) is 2.45. The highest BCUT2D eigenvalue weighted by molar-refractivity contribution is 6.28. The molecule has 16 heavy (non-hydrogen) atoms. The van der Waals surface area contributed by atoms with Crippen LogP contribution in [-0.2, 0) is 0 Å². The highest BCUT2D eigenvalue weighted by Gasteiger charge is 2.25. The molecule has 88 valence electrons. The van der Waals surface area contributed by atoms with Crippen LogP contribution in [0.15, 0.2) is 0 Å². The normalized spacial score (nSPS) is 15.4. The summed E-state index contributed by atoms with van der Waals surface area (Å²) in [6, 6.07) is 0.900. The predicted molar refractivity (Wildman–Crippen MR) is 60.4 cm³/mol. The minimum absolute atomic E-state index is 0.0537. The summed E-state index contributed by atoms with van der Waals surface area (Å²) in [4.78, 5) is 13.5. The van der Waals surface area contributed by atoms with Crippen molar-refractivity contribution in [1.82, 2.24) is 19.9 Å². The number of nitrogens with two attached hydrogens (primary N) is 1. The zero-order valence-electron chi connectivity index (χ0n) is 9.06. The van der Waals surface area contributed by atoms with E-state index in [0.29, 0.717) is 6.61 Å². The van der Waals surface area contributed by atoms with Gasteiger partial charge >= 0.3 is 6.01 Å². The molecule has 0 bridgehead atoms. The van der Waals surface area contributed by atoms with Gasteiger partial charge in [-0.15, -0.1) is 0 Å². The van der Waals surface area contributed by atoms with Crippen LogP contribution >= 0.6 is 11.6 Å². The van der Waals surface area contributed by atoms with Crippen LogP contribution in [0.1, 0.15) is 12.8 Å². The van der Waals surface area contributed by atoms with Gasteiger partial charge in [-0.1, -0.05) is 0 Å². The number of nitrogens with zero attached hydrogens (tertiary/aromatic N) is 4. The molecular formula is C9H14ClN5O. The van der Waals surface area contributed by atoms with Crippen molar-refractivity contribution < 1.29 is 4.74 Å². The van der Waals surface area contributed by atoms with Crippen molar-refractivity contribution in [1.29, 1.82) is 0 Å². The van der Waals surface area contributed by atoms with E-state index in [1.54, 1.807) is 0 Å². The minimum atomic E-state index is 0.0537. The second-order valence-corrected chi connectivity index (χ2v) is 4.14. The molecule has 7 heteroatoms. The Kier molecular flexibility index (Phi) is 3.40. The Bertz CT molecular complexity index is 351. The first-order valence-corrected chi connectivity index (χ1v) is 5.53. The number of likely N-dealkylation sites (N-methyl/N-ethyl adjacent to an activating group) is 1. The number of hydrogen-bond donors (Lipinski definition) is 1. The molecule has 2 rings (SSSR count). The predicted octanol–water partition coefficient (Wildman–Crippen LogP) is 0.580. The van der Waals surface area contributed by atoms with Gasteiger partial charge in [-0.25, -0.2) is 0 Å². The van der Waals surface area contributed by atoms with E-state index in [2.05, 4.69) is 26.9 Å². The average Bonchev–Trinajstić information content (AvgIpc) is 2.98. The highest BCUT2D eigenvalue weighted by atomic mass is 35.5. The summed E-state index contributed by atoms with van der Waals surface area (Å²) < 4.78 is 5.35. The molecule has 1 aromatic rings. The first-order valence-electron chi connectivity index (χ1n) is 5.15. The summed E-state index contributed by atoms with van der Waals surface area (Å²) in [6.07, 6.45) is 2.56. The standard InChI is InChI=1S/C9H14ClN5O/c1-15(6-2-3-6)4-5-16-9-13-7(10)12-8(11)14-9/h6H,2-5H2,1H3,(H2,11,12,13,14). The average molecular weight is 244 g/mol. The van der Waals surface area contributed by atoms with Gasteiger partial charge in [0.25, 0.3) is 0 Å². The number of nitrogen functional groups attached to an aromatic ring is 1. The maximum atomic E-state index is 5.62. The fraction of sp³-hybridized carbons (Fsp3) is 0.667. The Balaban J connectivity index is 1.79. The maximum Gasteiger partial charge on any atom is 0.322 e. The molecule has 0 amide bonds. The van der Waals surface area contributed by atoms with Gasteiger partial charge in [0.2, 0.25) is 11.2 Å². The molecule has 0 aromatic carbocycles. The topological polar surface area (TPSA) is 77.2 Å². The molecule has 6 nitrogen and oxygen atoms in total. The lowest BCUT2D eigenvalue weighted by Crippen LogP contribution is -2.26. The minimum Gasteiger partial charge on any atom is -0.462 e. The highest BCUT2D eigenvalue weighted by Crippen LogP contribution is 2.24. The van der Waals surface area contributed by atoms with Gasteiger partial charge in [0, 0.05) is 12.6 Å². The molecule has 0 radical (unpaired) electrons. The van der Waals surface area contributed by atoms with Crippen LogP contribution in [0.2, 0.25) is 5.28 Å². The number of rotatable bonds is 5. The summed E-state index contributed by atoms with van der Waals surface area (Å²) >= 11 is 5.62. The molecule has 0 spiro atoms. The molecule has 1 heterocycles. The van der Waals surface area contributed by atoms with Crippen molar-refractivity contribution in [3.63, 3.8) is 0 Å². The molecule has 1 aliphatic rings. The van der Waals surface area contributed by atoms with Crippen molar-refractivity contribution in [3.05, 3.63) is 5.28 Å². The van der Waals surface area contributed by atoms with Crippen molar-refractivity contribution >= 4 is 17.5 Å². The van der Waals surface area contributed by atoms with E-state index in [1.807, 2.05) is 0 Å². The lowest BCUT2D eigenvalue weighted by Gasteiger charge is -2.14. The largest absolute Gasteiger partial charge is 0.462 e. The zero-order valence-corrected chi connectivity index (χ0v) is 9.81. The molecule has 1 aliphatic carbocycles. The van der Waals surface area contributed by atoms with Crippen LogP contribution in [0.25, 0.3) is 0 Å². The van der Waals surface area contributed by atoms with E-state index < -0.39 is 0 Å². The first kappa shape index (κ1) is 11.3. The molecular weight excluding hydrogens is 230 g/mol. The fourth-order valence-electron chi connectivity index (χ4n) is 1.39. The Morgan fingerprint density at radius 3 is 2.81 bits per heavy atom.